The highest BCUT2D eigenvalue weighted by Crippen LogP contribution is 2.33. The molecule has 2 unspecified atom stereocenters. The molecular weight excluding hydrogens is 248 g/mol. The molecule has 0 amide bonds. The van der Waals surface area contributed by atoms with Crippen molar-refractivity contribution in [2.24, 2.45) is 0 Å². The third-order valence-corrected chi connectivity index (χ3v) is 3.74. The molecule has 1 saturated heterocycles. The summed E-state index contributed by atoms with van der Waals surface area (Å²) < 4.78 is 5.46. The van der Waals surface area contributed by atoms with Gasteiger partial charge in [0.15, 0.2) is 0 Å². The fourth-order valence-electron chi connectivity index (χ4n) is 2.46. The minimum absolute atomic E-state index is 0.471. The number of methoxy groups -OCH3 is 1. The lowest BCUT2D eigenvalue weighted by Crippen LogP contribution is -2.38. The Balaban J connectivity index is 2.35. The van der Waals surface area contributed by atoms with Crippen LogP contribution in [0.5, 0.6) is 5.75 Å². The number of rotatable bonds is 2. The molecule has 3 nitrogen and oxygen atoms in total. The molecule has 1 heterocycles. The van der Waals surface area contributed by atoms with E-state index in [1.165, 1.54) is 0 Å². The first-order valence-corrected chi connectivity index (χ1v) is 6.83. The van der Waals surface area contributed by atoms with E-state index in [1.807, 2.05) is 18.2 Å². The summed E-state index contributed by atoms with van der Waals surface area (Å²) in [5, 5.41) is 4.26. The number of nitrogens with zero attached hydrogens (tertiary/aromatic N) is 1. The number of halogens is 1. The summed E-state index contributed by atoms with van der Waals surface area (Å²) in [6.07, 6.45) is 1.13. The van der Waals surface area contributed by atoms with Crippen molar-refractivity contribution in [2.45, 2.75) is 32.4 Å². The van der Waals surface area contributed by atoms with E-state index in [0.717, 1.165) is 36.0 Å². The zero-order chi connectivity index (χ0) is 13.1. The van der Waals surface area contributed by atoms with Gasteiger partial charge in [0.1, 0.15) is 5.75 Å². The van der Waals surface area contributed by atoms with Gasteiger partial charge < -0.3 is 15.0 Å². The molecule has 0 aromatic heterocycles. The van der Waals surface area contributed by atoms with Crippen LogP contribution < -0.4 is 15.0 Å². The maximum Gasteiger partial charge on any atom is 0.142 e. The van der Waals surface area contributed by atoms with Gasteiger partial charge >= 0.3 is 0 Å². The van der Waals surface area contributed by atoms with Gasteiger partial charge in [0.25, 0.3) is 0 Å². The van der Waals surface area contributed by atoms with Crippen molar-refractivity contribution in [1.82, 2.24) is 5.32 Å². The van der Waals surface area contributed by atoms with E-state index in [-0.39, 0.29) is 0 Å². The van der Waals surface area contributed by atoms with Crippen molar-refractivity contribution < 1.29 is 4.74 Å². The largest absolute Gasteiger partial charge is 0.495 e. The summed E-state index contributed by atoms with van der Waals surface area (Å²) >= 11 is 6.12. The lowest BCUT2D eigenvalue weighted by molar-refractivity contribution is 0.412. The Morgan fingerprint density at radius 1 is 1.39 bits per heavy atom. The molecule has 1 aromatic rings. The van der Waals surface area contributed by atoms with Crippen molar-refractivity contribution in [3.63, 3.8) is 0 Å². The van der Waals surface area contributed by atoms with Gasteiger partial charge in [-0.2, -0.15) is 0 Å². The van der Waals surface area contributed by atoms with Gasteiger partial charge in [-0.15, -0.1) is 0 Å². The maximum absolute atomic E-state index is 6.12. The summed E-state index contributed by atoms with van der Waals surface area (Å²) in [5.41, 5.74) is 1.09. The predicted octanol–water partition coefficient (Wildman–Crippen LogP) is 2.93. The van der Waals surface area contributed by atoms with E-state index >= 15 is 0 Å². The molecule has 1 aromatic carbocycles. The lowest BCUT2D eigenvalue weighted by atomic mass is 10.1. The molecule has 1 N–H and O–H groups in total. The van der Waals surface area contributed by atoms with Gasteiger partial charge in [0.2, 0.25) is 0 Å². The molecule has 1 fully saturated rings. The van der Waals surface area contributed by atoms with Crippen LogP contribution in [-0.2, 0) is 0 Å². The molecule has 18 heavy (non-hydrogen) atoms. The van der Waals surface area contributed by atoms with Crippen LogP contribution in [0.2, 0.25) is 5.02 Å². The second kappa shape index (κ2) is 5.81. The Labute approximate surface area is 114 Å². The Morgan fingerprint density at radius 2 is 2.17 bits per heavy atom. The molecular formula is C14H21ClN2O. The van der Waals surface area contributed by atoms with Gasteiger partial charge in [-0.1, -0.05) is 11.6 Å². The second-order valence-electron chi connectivity index (χ2n) is 4.96. The normalized spacial score (nSPS) is 24.8. The molecule has 100 valence electrons. The molecule has 0 radical (unpaired) electrons. The molecule has 2 atom stereocenters. The van der Waals surface area contributed by atoms with E-state index in [2.05, 4.69) is 24.1 Å². The predicted molar refractivity (Wildman–Crippen MR) is 76.9 cm³/mol. The summed E-state index contributed by atoms with van der Waals surface area (Å²) in [7, 11) is 1.71. The van der Waals surface area contributed by atoms with Crippen LogP contribution in [0.3, 0.4) is 0 Å². The quantitative estimate of drug-likeness (QED) is 0.893. The molecule has 0 bridgehead atoms. The van der Waals surface area contributed by atoms with Gasteiger partial charge in [-0.05, 0) is 45.0 Å². The molecule has 4 heteroatoms. The van der Waals surface area contributed by atoms with E-state index in [9.17, 15) is 0 Å². The van der Waals surface area contributed by atoms with Gasteiger partial charge in [0, 0.05) is 23.7 Å². The average Bonchev–Trinajstić information content (AvgIpc) is 2.51. The standard InChI is InChI=1S/C14H21ClN2O/c1-10-9-17(11(2)6-7-16-10)13-8-12(15)4-5-14(13)18-3/h4-5,8,10-11,16H,6-7,9H2,1-3H3. The van der Waals surface area contributed by atoms with E-state index in [4.69, 9.17) is 16.3 Å². The first-order valence-electron chi connectivity index (χ1n) is 6.45. The SMILES string of the molecule is COc1ccc(Cl)cc1N1CC(C)NCCC1C. The Morgan fingerprint density at radius 3 is 2.89 bits per heavy atom. The first-order chi connectivity index (χ1) is 8.61. The van der Waals surface area contributed by atoms with Crippen molar-refractivity contribution >= 4 is 17.3 Å². The summed E-state index contributed by atoms with van der Waals surface area (Å²) in [4.78, 5) is 2.38. The van der Waals surface area contributed by atoms with Crippen LogP contribution >= 0.6 is 11.6 Å². The topological polar surface area (TPSA) is 24.5 Å². The lowest BCUT2D eigenvalue weighted by Gasteiger charge is -2.31. The second-order valence-corrected chi connectivity index (χ2v) is 5.40. The van der Waals surface area contributed by atoms with Crippen molar-refractivity contribution in [3.8, 4) is 5.75 Å². The maximum atomic E-state index is 6.12. The van der Waals surface area contributed by atoms with Crippen molar-refractivity contribution in [1.29, 1.82) is 0 Å². The third kappa shape index (κ3) is 2.90. The summed E-state index contributed by atoms with van der Waals surface area (Å²) in [5.74, 6) is 0.889. The summed E-state index contributed by atoms with van der Waals surface area (Å²) in [6.45, 7) is 6.49. The fourth-order valence-corrected chi connectivity index (χ4v) is 2.62. The molecule has 2 rings (SSSR count). The Bertz CT molecular complexity index is 411. The highest BCUT2D eigenvalue weighted by Gasteiger charge is 2.23. The number of nitrogens with one attached hydrogen (secondary N) is 1. The number of hydrogen-bond acceptors (Lipinski definition) is 3. The minimum atomic E-state index is 0.471. The monoisotopic (exact) mass is 268 g/mol. The van der Waals surface area contributed by atoms with Crippen LogP contribution in [0, 0.1) is 0 Å². The number of benzene rings is 1. The molecule has 1 aliphatic rings. The Hall–Kier alpha value is -0.930. The van der Waals surface area contributed by atoms with Crippen LogP contribution in [-0.4, -0.2) is 32.3 Å². The summed E-state index contributed by atoms with van der Waals surface area (Å²) in [6, 6.07) is 6.75. The number of ether oxygens (including phenoxy) is 1. The van der Waals surface area contributed by atoms with Crippen LogP contribution in [0.15, 0.2) is 18.2 Å². The Kier molecular flexibility index (Phi) is 4.36. The van der Waals surface area contributed by atoms with E-state index in [1.54, 1.807) is 7.11 Å². The fraction of sp³-hybridized carbons (Fsp3) is 0.571. The molecule has 0 saturated carbocycles. The van der Waals surface area contributed by atoms with Gasteiger partial charge in [-0.25, -0.2) is 0 Å². The first kappa shape index (κ1) is 13.5. The van der Waals surface area contributed by atoms with Crippen LogP contribution in [0.1, 0.15) is 20.3 Å². The third-order valence-electron chi connectivity index (χ3n) is 3.51. The highest BCUT2D eigenvalue weighted by molar-refractivity contribution is 6.30. The van der Waals surface area contributed by atoms with Crippen molar-refractivity contribution in [2.75, 3.05) is 25.1 Å². The molecule has 0 spiro atoms. The van der Waals surface area contributed by atoms with Crippen LogP contribution in [0.4, 0.5) is 5.69 Å². The molecule has 0 aliphatic carbocycles. The number of anilines is 1. The zero-order valence-electron chi connectivity index (χ0n) is 11.2. The zero-order valence-corrected chi connectivity index (χ0v) is 12.0. The highest BCUT2D eigenvalue weighted by atomic mass is 35.5. The van der Waals surface area contributed by atoms with Crippen LogP contribution in [0.25, 0.3) is 0 Å². The minimum Gasteiger partial charge on any atom is -0.495 e. The smallest absolute Gasteiger partial charge is 0.142 e. The van der Waals surface area contributed by atoms with Gasteiger partial charge in [0.05, 0.1) is 12.8 Å². The van der Waals surface area contributed by atoms with Crippen molar-refractivity contribution in [3.05, 3.63) is 23.2 Å². The van der Waals surface area contributed by atoms with Gasteiger partial charge in [-0.3, -0.25) is 0 Å². The molecule has 1 aliphatic heterocycles. The van der Waals surface area contributed by atoms with E-state index in [0.29, 0.717) is 12.1 Å². The number of hydrogen-bond donors (Lipinski definition) is 1. The average molecular weight is 269 g/mol. The van der Waals surface area contributed by atoms with E-state index < -0.39 is 0 Å².